The lowest BCUT2D eigenvalue weighted by molar-refractivity contribution is 0.0993. The molecule has 0 aliphatic heterocycles. The Kier molecular flexibility index (Phi) is 4.89. The van der Waals surface area contributed by atoms with Gasteiger partial charge in [0, 0.05) is 5.56 Å². The number of hydrogen-bond acceptors (Lipinski definition) is 5. The standard InChI is InChI=1S/C17H14F2N4OS/c1-10-5-3-4-6-15(10)23-17(20-21-22-23)25-11(2)16(24)12-7-8-13(18)14(19)9-12/h3-9,11H,1-2H3. The molecule has 1 aromatic heterocycles. The highest BCUT2D eigenvalue weighted by Crippen LogP contribution is 2.26. The third kappa shape index (κ3) is 3.58. The molecule has 0 aliphatic rings. The van der Waals surface area contributed by atoms with E-state index in [-0.39, 0.29) is 11.3 Å². The molecule has 0 fully saturated rings. The van der Waals surface area contributed by atoms with Gasteiger partial charge in [-0.05, 0) is 54.1 Å². The van der Waals surface area contributed by atoms with Gasteiger partial charge in [-0.25, -0.2) is 8.78 Å². The minimum Gasteiger partial charge on any atom is -0.293 e. The first kappa shape index (κ1) is 17.2. The molecule has 0 spiro atoms. The predicted molar refractivity (Wildman–Crippen MR) is 89.9 cm³/mol. The molecule has 25 heavy (non-hydrogen) atoms. The first-order valence-corrected chi connectivity index (χ1v) is 8.35. The van der Waals surface area contributed by atoms with Crippen molar-refractivity contribution in [3.05, 3.63) is 65.2 Å². The van der Waals surface area contributed by atoms with Crippen LogP contribution < -0.4 is 0 Å². The Hall–Kier alpha value is -2.61. The summed E-state index contributed by atoms with van der Waals surface area (Å²) in [5.74, 6) is -2.36. The largest absolute Gasteiger partial charge is 0.293 e. The fourth-order valence-corrected chi connectivity index (χ4v) is 3.18. The molecule has 1 atom stereocenters. The third-order valence-corrected chi connectivity index (χ3v) is 4.67. The molecule has 3 aromatic rings. The summed E-state index contributed by atoms with van der Waals surface area (Å²) in [7, 11) is 0. The minimum atomic E-state index is -1.05. The van der Waals surface area contributed by atoms with E-state index in [4.69, 9.17) is 0 Å². The van der Waals surface area contributed by atoms with Gasteiger partial charge in [-0.3, -0.25) is 4.79 Å². The number of aromatic nitrogens is 4. The average Bonchev–Trinajstić information content (AvgIpc) is 3.05. The molecule has 0 N–H and O–H groups in total. The maximum atomic E-state index is 13.3. The van der Waals surface area contributed by atoms with Gasteiger partial charge in [0.25, 0.3) is 0 Å². The molecule has 2 aromatic carbocycles. The normalized spacial score (nSPS) is 12.2. The van der Waals surface area contributed by atoms with Crippen LogP contribution in [0.5, 0.6) is 0 Å². The van der Waals surface area contributed by atoms with Gasteiger partial charge in [0.1, 0.15) is 0 Å². The second-order valence-electron chi connectivity index (χ2n) is 5.41. The second kappa shape index (κ2) is 7.10. The highest BCUT2D eigenvalue weighted by molar-refractivity contribution is 8.00. The molecule has 3 rings (SSSR count). The number of benzene rings is 2. The molecule has 8 heteroatoms. The maximum Gasteiger partial charge on any atom is 0.214 e. The van der Waals surface area contributed by atoms with E-state index in [9.17, 15) is 13.6 Å². The maximum absolute atomic E-state index is 13.3. The van der Waals surface area contributed by atoms with Crippen LogP contribution in [-0.2, 0) is 0 Å². The van der Waals surface area contributed by atoms with Crippen LogP contribution in [0.2, 0.25) is 0 Å². The first-order valence-electron chi connectivity index (χ1n) is 7.47. The van der Waals surface area contributed by atoms with Gasteiger partial charge in [-0.15, -0.1) is 5.10 Å². The lowest BCUT2D eigenvalue weighted by atomic mass is 10.1. The van der Waals surface area contributed by atoms with E-state index in [0.717, 1.165) is 35.1 Å². The summed E-state index contributed by atoms with van der Waals surface area (Å²) >= 11 is 1.15. The van der Waals surface area contributed by atoms with Crippen molar-refractivity contribution in [2.45, 2.75) is 24.3 Å². The van der Waals surface area contributed by atoms with Crippen molar-refractivity contribution in [2.24, 2.45) is 0 Å². The van der Waals surface area contributed by atoms with Crippen molar-refractivity contribution < 1.29 is 13.6 Å². The van der Waals surface area contributed by atoms with Crippen LogP contribution in [0, 0.1) is 18.6 Å². The number of tetrazole rings is 1. The van der Waals surface area contributed by atoms with E-state index >= 15 is 0 Å². The van der Waals surface area contributed by atoms with Crippen LogP contribution in [0.1, 0.15) is 22.8 Å². The Morgan fingerprint density at radius 2 is 1.92 bits per heavy atom. The number of aryl methyl sites for hydroxylation is 1. The van der Waals surface area contributed by atoms with Gasteiger partial charge in [0.2, 0.25) is 5.16 Å². The Labute approximate surface area is 147 Å². The van der Waals surface area contributed by atoms with Crippen molar-refractivity contribution in [1.29, 1.82) is 0 Å². The first-order chi connectivity index (χ1) is 12.0. The number of ketones is 1. The smallest absolute Gasteiger partial charge is 0.214 e. The van der Waals surface area contributed by atoms with Crippen molar-refractivity contribution >= 4 is 17.5 Å². The van der Waals surface area contributed by atoms with Crippen LogP contribution in [0.15, 0.2) is 47.6 Å². The quantitative estimate of drug-likeness (QED) is 0.514. The number of nitrogens with zero attached hydrogens (tertiary/aromatic N) is 4. The van der Waals surface area contributed by atoms with Crippen LogP contribution in [-0.4, -0.2) is 31.2 Å². The number of para-hydroxylation sites is 1. The zero-order chi connectivity index (χ0) is 18.0. The summed E-state index contributed by atoms with van der Waals surface area (Å²) in [6, 6.07) is 10.7. The predicted octanol–water partition coefficient (Wildman–Crippen LogP) is 3.61. The van der Waals surface area contributed by atoms with Crippen molar-refractivity contribution in [3.8, 4) is 5.69 Å². The SMILES string of the molecule is Cc1ccccc1-n1nnnc1SC(C)C(=O)c1ccc(F)c(F)c1. The molecular formula is C17H14F2N4OS. The highest BCUT2D eigenvalue weighted by Gasteiger charge is 2.21. The molecule has 0 aliphatic carbocycles. The highest BCUT2D eigenvalue weighted by atomic mass is 32.2. The van der Waals surface area contributed by atoms with Crippen LogP contribution in [0.4, 0.5) is 8.78 Å². The molecule has 0 amide bonds. The van der Waals surface area contributed by atoms with Crippen LogP contribution >= 0.6 is 11.8 Å². The zero-order valence-electron chi connectivity index (χ0n) is 13.5. The number of Topliss-reactive ketones (excluding diaryl/α,β-unsaturated/α-hetero) is 1. The lowest BCUT2D eigenvalue weighted by Crippen LogP contribution is -2.15. The van der Waals surface area contributed by atoms with E-state index in [1.54, 1.807) is 11.6 Å². The van der Waals surface area contributed by atoms with Gasteiger partial charge in [-0.1, -0.05) is 30.0 Å². The third-order valence-electron chi connectivity index (χ3n) is 3.64. The van der Waals surface area contributed by atoms with E-state index in [0.29, 0.717) is 5.16 Å². The molecule has 1 heterocycles. The molecule has 128 valence electrons. The summed E-state index contributed by atoms with van der Waals surface area (Å²) in [6.45, 7) is 3.60. The number of rotatable bonds is 5. The summed E-state index contributed by atoms with van der Waals surface area (Å²) in [5, 5.41) is 11.5. The molecule has 0 radical (unpaired) electrons. The fraction of sp³-hybridized carbons (Fsp3) is 0.176. The summed E-state index contributed by atoms with van der Waals surface area (Å²) in [6.07, 6.45) is 0. The van der Waals surface area contributed by atoms with Gasteiger partial charge in [-0.2, -0.15) is 4.68 Å². The summed E-state index contributed by atoms with van der Waals surface area (Å²) < 4.78 is 27.9. The Morgan fingerprint density at radius 1 is 1.16 bits per heavy atom. The number of thioether (sulfide) groups is 1. The van der Waals surface area contributed by atoms with Gasteiger partial charge < -0.3 is 0 Å². The number of hydrogen-bond donors (Lipinski definition) is 0. The molecule has 0 bridgehead atoms. The summed E-state index contributed by atoms with van der Waals surface area (Å²) in [4.78, 5) is 12.5. The minimum absolute atomic E-state index is 0.105. The van der Waals surface area contributed by atoms with E-state index < -0.39 is 16.9 Å². The monoisotopic (exact) mass is 360 g/mol. The van der Waals surface area contributed by atoms with Gasteiger partial charge in [0.05, 0.1) is 10.9 Å². The number of carbonyl (C=O) groups excluding carboxylic acids is 1. The van der Waals surface area contributed by atoms with E-state index in [2.05, 4.69) is 15.5 Å². The van der Waals surface area contributed by atoms with Crippen molar-refractivity contribution in [2.75, 3.05) is 0 Å². The molecule has 1 unspecified atom stereocenters. The van der Waals surface area contributed by atoms with Crippen LogP contribution in [0.25, 0.3) is 5.69 Å². The Morgan fingerprint density at radius 3 is 2.64 bits per heavy atom. The number of halogens is 2. The Bertz CT molecular complexity index is 929. The zero-order valence-corrected chi connectivity index (χ0v) is 14.3. The second-order valence-corrected chi connectivity index (χ2v) is 6.72. The molecule has 0 saturated carbocycles. The van der Waals surface area contributed by atoms with Gasteiger partial charge >= 0.3 is 0 Å². The van der Waals surface area contributed by atoms with Crippen molar-refractivity contribution in [3.63, 3.8) is 0 Å². The topological polar surface area (TPSA) is 60.7 Å². The van der Waals surface area contributed by atoms with E-state index in [1.807, 2.05) is 31.2 Å². The Balaban J connectivity index is 1.83. The number of carbonyl (C=O) groups is 1. The lowest BCUT2D eigenvalue weighted by Gasteiger charge is -2.11. The van der Waals surface area contributed by atoms with Crippen LogP contribution in [0.3, 0.4) is 0 Å². The fourth-order valence-electron chi connectivity index (χ4n) is 2.30. The summed E-state index contributed by atoms with van der Waals surface area (Å²) in [5.41, 5.74) is 1.90. The van der Waals surface area contributed by atoms with Gasteiger partial charge in [0.15, 0.2) is 17.4 Å². The average molecular weight is 360 g/mol. The molecule has 5 nitrogen and oxygen atoms in total. The van der Waals surface area contributed by atoms with E-state index in [1.165, 1.54) is 6.07 Å². The van der Waals surface area contributed by atoms with Crippen molar-refractivity contribution in [1.82, 2.24) is 20.2 Å². The molecular weight excluding hydrogens is 346 g/mol. The molecule has 0 saturated heterocycles.